The maximum atomic E-state index is 12.3. The Morgan fingerprint density at radius 1 is 1.00 bits per heavy atom. The van der Waals surface area contributed by atoms with Gasteiger partial charge in [-0.05, 0) is 25.3 Å². The molecule has 1 aliphatic carbocycles. The van der Waals surface area contributed by atoms with Gasteiger partial charge in [-0.25, -0.2) is 0 Å². The van der Waals surface area contributed by atoms with Gasteiger partial charge in [-0.3, -0.25) is 4.79 Å². The molecule has 0 amide bonds. The summed E-state index contributed by atoms with van der Waals surface area (Å²) < 4.78 is 0. The fourth-order valence-electron chi connectivity index (χ4n) is 2.62. The molecule has 0 bridgehead atoms. The molecule has 0 spiro atoms. The van der Waals surface area contributed by atoms with E-state index in [1.807, 2.05) is 18.2 Å². The van der Waals surface area contributed by atoms with Gasteiger partial charge in [0.05, 0.1) is 5.41 Å². The Bertz CT molecular complexity index is 378. The summed E-state index contributed by atoms with van der Waals surface area (Å²) in [6, 6.07) is 10.2. The first-order chi connectivity index (χ1) is 6.97. The van der Waals surface area contributed by atoms with Crippen molar-refractivity contribution in [1.29, 1.82) is 0 Å². The highest BCUT2D eigenvalue weighted by molar-refractivity contribution is 5.96. The minimum Gasteiger partial charge on any atom is -0.298 e. The van der Waals surface area contributed by atoms with Crippen molar-refractivity contribution in [2.75, 3.05) is 0 Å². The van der Waals surface area contributed by atoms with Gasteiger partial charge < -0.3 is 0 Å². The molecule has 1 aromatic rings. The third-order valence-electron chi connectivity index (χ3n) is 3.78. The zero-order valence-corrected chi connectivity index (χ0v) is 9.71. The molecule has 2 rings (SSSR count). The minimum absolute atomic E-state index is 0.148. The molecule has 0 N–H and O–H groups in total. The maximum Gasteiger partial charge on any atom is 0.148 e. The minimum atomic E-state index is -0.259. The predicted octanol–water partition coefficient (Wildman–Crippen LogP) is 3.33. The molecule has 1 heteroatoms. The van der Waals surface area contributed by atoms with E-state index in [0.717, 1.165) is 12.8 Å². The Labute approximate surface area is 91.5 Å². The van der Waals surface area contributed by atoms with E-state index in [2.05, 4.69) is 32.9 Å². The molecule has 1 saturated carbocycles. The zero-order valence-electron chi connectivity index (χ0n) is 9.71. The number of hydrogen-bond donors (Lipinski definition) is 0. The number of Topliss-reactive ketones (excluding diaryl/α,β-unsaturated/α-hetero) is 1. The Balaban J connectivity index is 2.42. The average molecular weight is 202 g/mol. The lowest BCUT2D eigenvalue weighted by Gasteiger charge is -2.25. The van der Waals surface area contributed by atoms with E-state index in [-0.39, 0.29) is 10.8 Å². The largest absolute Gasteiger partial charge is 0.298 e. The summed E-state index contributed by atoms with van der Waals surface area (Å²) in [4.78, 5) is 12.3. The van der Waals surface area contributed by atoms with E-state index in [1.165, 1.54) is 5.56 Å². The van der Waals surface area contributed by atoms with Gasteiger partial charge in [-0.1, -0.05) is 44.2 Å². The van der Waals surface area contributed by atoms with Gasteiger partial charge in [0.25, 0.3) is 0 Å². The van der Waals surface area contributed by atoms with Crippen molar-refractivity contribution in [2.45, 2.75) is 39.0 Å². The highest BCUT2D eigenvalue weighted by Crippen LogP contribution is 2.46. The second kappa shape index (κ2) is 3.19. The highest BCUT2D eigenvalue weighted by atomic mass is 16.1. The standard InChI is InChI=1S/C14H18O/c1-13(2)9-10-14(3,12(13)15)11-7-5-4-6-8-11/h4-8H,9-10H2,1-3H3. The van der Waals surface area contributed by atoms with Crippen molar-refractivity contribution in [3.05, 3.63) is 35.9 Å². The molecular weight excluding hydrogens is 184 g/mol. The summed E-state index contributed by atoms with van der Waals surface area (Å²) >= 11 is 0. The number of hydrogen-bond acceptors (Lipinski definition) is 1. The first-order valence-corrected chi connectivity index (χ1v) is 5.57. The normalized spacial score (nSPS) is 29.4. The summed E-state index contributed by atoms with van der Waals surface area (Å²) in [7, 11) is 0. The first kappa shape index (κ1) is 10.4. The van der Waals surface area contributed by atoms with Gasteiger partial charge >= 0.3 is 0 Å². The lowest BCUT2D eigenvalue weighted by molar-refractivity contribution is -0.128. The first-order valence-electron chi connectivity index (χ1n) is 5.57. The summed E-state index contributed by atoms with van der Waals surface area (Å²) in [5, 5.41) is 0. The van der Waals surface area contributed by atoms with Gasteiger partial charge in [0.2, 0.25) is 0 Å². The number of rotatable bonds is 1. The van der Waals surface area contributed by atoms with Crippen LogP contribution >= 0.6 is 0 Å². The van der Waals surface area contributed by atoms with E-state index in [9.17, 15) is 4.79 Å². The Kier molecular flexibility index (Phi) is 2.22. The van der Waals surface area contributed by atoms with Crippen molar-refractivity contribution in [3.63, 3.8) is 0 Å². The van der Waals surface area contributed by atoms with E-state index in [4.69, 9.17) is 0 Å². The van der Waals surface area contributed by atoms with Crippen molar-refractivity contribution in [3.8, 4) is 0 Å². The van der Waals surface area contributed by atoms with Gasteiger partial charge in [-0.15, -0.1) is 0 Å². The van der Waals surface area contributed by atoms with E-state index in [1.54, 1.807) is 0 Å². The lowest BCUT2D eigenvalue weighted by atomic mass is 9.76. The topological polar surface area (TPSA) is 17.1 Å². The third-order valence-corrected chi connectivity index (χ3v) is 3.78. The van der Waals surface area contributed by atoms with Crippen LogP contribution in [0.1, 0.15) is 39.2 Å². The number of carbonyl (C=O) groups is 1. The smallest absolute Gasteiger partial charge is 0.148 e. The van der Waals surface area contributed by atoms with Gasteiger partial charge in [0, 0.05) is 5.41 Å². The van der Waals surface area contributed by atoms with Crippen LogP contribution in [0, 0.1) is 5.41 Å². The predicted molar refractivity (Wildman–Crippen MR) is 61.8 cm³/mol. The molecule has 15 heavy (non-hydrogen) atoms. The van der Waals surface area contributed by atoms with Crippen LogP contribution in [-0.2, 0) is 10.2 Å². The molecule has 1 aliphatic rings. The summed E-state index contributed by atoms with van der Waals surface area (Å²) in [5.74, 6) is 0.390. The molecule has 0 aromatic heterocycles. The number of benzene rings is 1. The summed E-state index contributed by atoms with van der Waals surface area (Å²) in [5.41, 5.74) is 0.760. The van der Waals surface area contributed by atoms with Gasteiger partial charge in [0.1, 0.15) is 5.78 Å². The molecule has 0 radical (unpaired) electrons. The van der Waals surface area contributed by atoms with Crippen LogP contribution < -0.4 is 0 Å². The van der Waals surface area contributed by atoms with Gasteiger partial charge in [-0.2, -0.15) is 0 Å². The fraction of sp³-hybridized carbons (Fsp3) is 0.500. The summed E-state index contributed by atoms with van der Waals surface area (Å²) in [6.45, 7) is 6.20. The van der Waals surface area contributed by atoms with Gasteiger partial charge in [0.15, 0.2) is 0 Å². The molecule has 0 aliphatic heterocycles. The number of ketones is 1. The molecule has 1 atom stereocenters. The quantitative estimate of drug-likeness (QED) is 0.682. The zero-order chi connectivity index (χ0) is 11.1. The molecule has 1 nitrogen and oxygen atoms in total. The van der Waals surface area contributed by atoms with Crippen molar-refractivity contribution in [1.82, 2.24) is 0 Å². The van der Waals surface area contributed by atoms with E-state index in [0.29, 0.717) is 5.78 Å². The third kappa shape index (κ3) is 1.50. The van der Waals surface area contributed by atoms with Crippen molar-refractivity contribution >= 4 is 5.78 Å². The molecule has 1 aromatic carbocycles. The number of carbonyl (C=O) groups excluding carboxylic acids is 1. The molecule has 1 unspecified atom stereocenters. The molecule has 0 heterocycles. The van der Waals surface area contributed by atoms with Crippen molar-refractivity contribution < 1.29 is 4.79 Å². The Morgan fingerprint density at radius 3 is 2.07 bits per heavy atom. The SMILES string of the molecule is CC1(C)CCC(C)(c2ccccc2)C1=O. The lowest BCUT2D eigenvalue weighted by Crippen LogP contribution is -2.33. The molecule has 1 fully saturated rings. The van der Waals surface area contributed by atoms with E-state index >= 15 is 0 Å². The second-order valence-corrected chi connectivity index (χ2v) is 5.41. The molecule has 80 valence electrons. The van der Waals surface area contributed by atoms with Crippen LogP contribution in [0.3, 0.4) is 0 Å². The monoisotopic (exact) mass is 202 g/mol. The van der Waals surface area contributed by atoms with Crippen LogP contribution in [0.15, 0.2) is 30.3 Å². The Hall–Kier alpha value is -1.11. The van der Waals surface area contributed by atoms with E-state index < -0.39 is 0 Å². The van der Waals surface area contributed by atoms with Crippen LogP contribution in [0.5, 0.6) is 0 Å². The van der Waals surface area contributed by atoms with Crippen molar-refractivity contribution in [2.24, 2.45) is 5.41 Å². The Morgan fingerprint density at radius 2 is 1.60 bits per heavy atom. The van der Waals surface area contributed by atoms with Crippen LogP contribution in [0.2, 0.25) is 0 Å². The molecular formula is C14H18O. The van der Waals surface area contributed by atoms with Crippen LogP contribution in [0.25, 0.3) is 0 Å². The fourth-order valence-corrected chi connectivity index (χ4v) is 2.62. The summed E-state index contributed by atoms with van der Waals surface area (Å²) in [6.07, 6.45) is 1.97. The highest BCUT2D eigenvalue weighted by Gasteiger charge is 2.49. The van der Waals surface area contributed by atoms with Crippen LogP contribution in [-0.4, -0.2) is 5.78 Å². The maximum absolute atomic E-state index is 12.3. The molecule has 0 saturated heterocycles. The average Bonchev–Trinajstić information content (AvgIpc) is 2.45. The second-order valence-electron chi connectivity index (χ2n) is 5.41. The van der Waals surface area contributed by atoms with Crippen LogP contribution in [0.4, 0.5) is 0 Å².